The van der Waals surface area contributed by atoms with Crippen molar-refractivity contribution in [2.24, 2.45) is 11.0 Å². The molecule has 1 atom stereocenters. The summed E-state index contributed by atoms with van der Waals surface area (Å²) in [4.78, 5) is 12.1. The van der Waals surface area contributed by atoms with Crippen molar-refractivity contribution >= 4 is 22.1 Å². The summed E-state index contributed by atoms with van der Waals surface area (Å²) in [5.74, 6) is 0.732. The van der Waals surface area contributed by atoms with E-state index in [2.05, 4.69) is 10.5 Å². The van der Waals surface area contributed by atoms with Gasteiger partial charge in [-0.3, -0.25) is 4.79 Å². The molecule has 0 bridgehead atoms. The van der Waals surface area contributed by atoms with Crippen LogP contribution >= 0.6 is 0 Å². The number of hydrazone groups is 1. The van der Waals surface area contributed by atoms with Crippen molar-refractivity contribution in [1.29, 1.82) is 0 Å². The van der Waals surface area contributed by atoms with E-state index in [9.17, 15) is 13.2 Å². The molecule has 0 aromatic carbocycles. The van der Waals surface area contributed by atoms with Gasteiger partial charge in [0.25, 0.3) is 0 Å². The number of hydrogen-bond donors (Lipinski definition) is 1. The maximum absolute atomic E-state index is 12.1. The number of carbonyl (C=O) groups is 1. The number of nitrogens with one attached hydrogen (secondary N) is 1. The van der Waals surface area contributed by atoms with Crippen molar-refractivity contribution in [2.75, 3.05) is 18.8 Å². The third-order valence-electron chi connectivity index (χ3n) is 3.64. The molecule has 0 radical (unpaired) electrons. The largest absolute Gasteiger partial charge is 0.460 e. The molecule has 2 heterocycles. The van der Waals surface area contributed by atoms with E-state index in [0.29, 0.717) is 25.1 Å². The van der Waals surface area contributed by atoms with Crippen LogP contribution < -0.4 is 5.43 Å². The second-order valence-corrected chi connectivity index (χ2v) is 7.54. The Morgan fingerprint density at radius 2 is 2.32 bits per heavy atom. The molecule has 1 aliphatic rings. The highest BCUT2D eigenvalue weighted by atomic mass is 32.2. The Hall–Kier alpha value is -1.67. The average Bonchev–Trinajstić information content (AvgIpc) is 2.92. The highest BCUT2D eigenvalue weighted by Gasteiger charge is 2.31. The van der Waals surface area contributed by atoms with E-state index in [1.807, 2.05) is 6.92 Å². The summed E-state index contributed by atoms with van der Waals surface area (Å²) in [6, 6.07) is 3.55. The summed E-state index contributed by atoms with van der Waals surface area (Å²) in [6.07, 6.45) is 2.77. The fourth-order valence-corrected chi connectivity index (χ4v) is 3.54. The quantitative estimate of drug-likeness (QED) is 0.647. The standard InChI is InChI=1S/C14H21N3O4S/c1-3-22(19,20)17-8-4-5-12(10-17)14(18)16-15-9-13-7-6-11(2)21-13/h6-7,9,12H,3-5,8,10H2,1-2H3,(H,16,18)/b15-9-/t12-/m0/s1. The highest BCUT2D eigenvalue weighted by molar-refractivity contribution is 7.89. The zero-order valence-electron chi connectivity index (χ0n) is 12.8. The normalized spacial score (nSPS) is 20.4. The van der Waals surface area contributed by atoms with E-state index in [1.54, 1.807) is 19.1 Å². The predicted octanol–water partition coefficient (Wildman–Crippen LogP) is 1.10. The van der Waals surface area contributed by atoms with Gasteiger partial charge in [0, 0.05) is 13.1 Å². The van der Waals surface area contributed by atoms with Crippen LogP contribution in [0.5, 0.6) is 0 Å². The van der Waals surface area contributed by atoms with Crippen molar-refractivity contribution in [2.45, 2.75) is 26.7 Å². The first-order valence-electron chi connectivity index (χ1n) is 7.29. The molecule has 1 saturated heterocycles. The molecular formula is C14H21N3O4S. The number of rotatable bonds is 5. The van der Waals surface area contributed by atoms with Crippen molar-refractivity contribution in [3.05, 3.63) is 23.7 Å². The second kappa shape index (κ2) is 7.06. The molecule has 7 nitrogen and oxygen atoms in total. The number of sulfonamides is 1. The van der Waals surface area contributed by atoms with Gasteiger partial charge in [0.15, 0.2) is 0 Å². The Morgan fingerprint density at radius 1 is 1.55 bits per heavy atom. The summed E-state index contributed by atoms with van der Waals surface area (Å²) in [5.41, 5.74) is 2.45. The number of furan rings is 1. The first-order chi connectivity index (χ1) is 10.4. The van der Waals surface area contributed by atoms with Crippen LogP contribution in [0.15, 0.2) is 21.7 Å². The van der Waals surface area contributed by atoms with E-state index in [4.69, 9.17) is 4.42 Å². The molecule has 1 N–H and O–H groups in total. The minimum Gasteiger partial charge on any atom is -0.460 e. The smallest absolute Gasteiger partial charge is 0.244 e. The Bertz CT molecular complexity index is 651. The number of piperidine rings is 1. The summed E-state index contributed by atoms with van der Waals surface area (Å²) in [5, 5.41) is 3.85. The predicted molar refractivity (Wildman–Crippen MR) is 82.9 cm³/mol. The zero-order chi connectivity index (χ0) is 16.2. The van der Waals surface area contributed by atoms with Crippen LogP contribution in [0.3, 0.4) is 0 Å². The van der Waals surface area contributed by atoms with Gasteiger partial charge in [-0.1, -0.05) is 0 Å². The van der Waals surface area contributed by atoms with Gasteiger partial charge < -0.3 is 4.42 Å². The minimum absolute atomic E-state index is 0.0529. The lowest BCUT2D eigenvalue weighted by atomic mass is 9.99. The molecule has 0 spiro atoms. The van der Waals surface area contributed by atoms with Crippen LogP contribution in [0.4, 0.5) is 0 Å². The molecule has 8 heteroatoms. The molecule has 1 aromatic rings. The molecule has 1 aliphatic heterocycles. The molecular weight excluding hydrogens is 306 g/mol. The van der Waals surface area contributed by atoms with Crippen molar-refractivity contribution < 1.29 is 17.6 Å². The van der Waals surface area contributed by atoms with E-state index < -0.39 is 10.0 Å². The summed E-state index contributed by atoms with van der Waals surface area (Å²) in [7, 11) is -3.25. The Kier molecular flexibility index (Phi) is 5.36. The van der Waals surface area contributed by atoms with Crippen molar-refractivity contribution in [3.63, 3.8) is 0 Å². The third-order valence-corrected chi connectivity index (χ3v) is 5.49. The Morgan fingerprint density at radius 3 is 2.95 bits per heavy atom. The van der Waals surface area contributed by atoms with Crippen LogP contribution in [0.25, 0.3) is 0 Å². The van der Waals surface area contributed by atoms with E-state index in [0.717, 1.165) is 5.76 Å². The van der Waals surface area contributed by atoms with Gasteiger partial charge in [0.05, 0.1) is 17.9 Å². The van der Waals surface area contributed by atoms with Gasteiger partial charge in [-0.2, -0.15) is 5.10 Å². The van der Waals surface area contributed by atoms with Crippen LogP contribution in [-0.2, 0) is 14.8 Å². The molecule has 2 rings (SSSR count). The highest BCUT2D eigenvalue weighted by Crippen LogP contribution is 2.19. The van der Waals surface area contributed by atoms with Crippen LogP contribution in [0, 0.1) is 12.8 Å². The first-order valence-corrected chi connectivity index (χ1v) is 8.90. The number of amides is 1. The zero-order valence-corrected chi connectivity index (χ0v) is 13.6. The van der Waals surface area contributed by atoms with Gasteiger partial charge in [0.2, 0.25) is 15.9 Å². The van der Waals surface area contributed by atoms with Crippen LogP contribution in [-0.4, -0.2) is 43.7 Å². The molecule has 1 amide bonds. The van der Waals surface area contributed by atoms with Crippen molar-refractivity contribution in [3.8, 4) is 0 Å². The molecule has 22 heavy (non-hydrogen) atoms. The number of aryl methyl sites for hydroxylation is 1. The topological polar surface area (TPSA) is 92.0 Å². The Labute approximate surface area is 130 Å². The van der Waals surface area contributed by atoms with Gasteiger partial charge in [-0.05, 0) is 38.8 Å². The SMILES string of the molecule is CCS(=O)(=O)N1CCC[C@H](C(=O)N/N=C\c2ccc(C)o2)C1. The van der Waals surface area contributed by atoms with Gasteiger partial charge in [0.1, 0.15) is 11.5 Å². The van der Waals surface area contributed by atoms with Gasteiger partial charge in [-0.25, -0.2) is 18.1 Å². The van der Waals surface area contributed by atoms with E-state index in [-0.39, 0.29) is 24.1 Å². The second-order valence-electron chi connectivity index (χ2n) is 5.28. The molecule has 1 fully saturated rings. The number of nitrogens with zero attached hydrogens (tertiary/aromatic N) is 2. The fraction of sp³-hybridized carbons (Fsp3) is 0.571. The first kappa shape index (κ1) is 16.7. The van der Waals surface area contributed by atoms with Crippen LogP contribution in [0.2, 0.25) is 0 Å². The maximum atomic E-state index is 12.1. The monoisotopic (exact) mass is 327 g/mol. The third kappa shape index (κ3) is 4.17. The average molecular weight is 327 g/mol. The number of hydrogen-bond acceptors (Lipinski definition) is 5. The van der Waals surface area contributed by atoms with Gasteiger partial charge in [-0.15, -0.1) is 0 Å². The van der Waals surface area contributed by atoms with Crippen LogP contribution in [0.1, 0.15) is 31.3 Å². The molecule has 122 valence electrons. The lowest BCUT2D eigenvalue weighted by Gasteiger charge is -2.30. The number of carbonyl (C=O) groups excluding carboxylic acids is 1. The molecule has 1 aromatic heterocycles. The van der Waals surface area contributed by atoms with Crippen molar-refractivity contribution in [1.82, 2.24) is 9.73 Å². The van der Waals surface area contributed by atoms with E-state index in [1.165, 1.54) is 10.5 Å². The lowest BCUT2D eigenvalue weighted by Crippen LogP contribution is -2.45. The molecule has 0 saturated carbocycles. The molecule has 0 unspecified atom stereocenters. The summed E-state index contributed by atoms with van der Waals surface area (Å²) in [6.45, 7) is 4.13. The lowest BCUT2D eigenvalue weighted by molar-refractivity contribution is -0.126. The van der Waals surface area contributed by atoms with E-state index >= 15 is 0 Å². The Balaban J connectivity index is 1.91. The fourth-order valence-electron chi connectivity index (χ4n) is 2.37. The summed E-state index contributed by atoms with van der Waals surface area (Å²) < 4.78 is 30.4. The summed E-state index contributed by atoms with van der Waals surface area (Å²) >= 11 is 0. The maximum Gasteiger partial charge on any atom is 0.244 e. The minimum atomic E-state index is -3.25. The molecule has 0 aliphatic carbocycles. The van der Waals surface area contributed by atoms with Gasteiger partial charge >= 0.3 is 0 Å².